The van der Waals surface area contributed by atoms with Crippen LogP contribution in [0.4, 0.5) is 0 Å². The summed E-state index contributed by atoms with van der Waals surface area (Å²) in [7, 11) is 0. The van der Waals surface area contributed by atoms with Gasteiger partial charge in [0.05, 0.1) is 13.1 Å². The number of rotatable bonds is 2. The van der Waals surface area contributed by atoms with Gasteiger partial charge in [-0.05, 0) is 25.8 Å². The summed E-state index contributed by atoms with van der Waals surface area (Å²) in [6.45, 7) is 7.49. The molecule has 0 fully saturated rings. The minimum atomic E-state index is 0.771. The Bertz CT molecular complexity index is 260. The molecule has 14 heavy (non-hydrogen) atoms. The first-order chi connectivity index (χ1) is 6.74. The highest BCUT2D eigenvalue weighted by Gasteiger charge is 2.02. The van der Waals surface area contributed by atoms with Crippen molar-refractivity contribution >= 4 is 0 Å². The minimum absolute atomic E-state index is 0.771. The first kappa shape index (κ1) is 12.4. The van der Waals surface area contributed by atoms with Crippen molar-refractivity contribution in [2.75, 3.05) is 13.1 Å². The van der Waals surface area contributed by atoms with Crippen molar-refractivity contribution in [1.82, 2.24) is 5.01 Å². The van der Waals surface area contributed by atoms with Gasteiger partial charge in [0.15, 0.2) is 0 Å². The molecule has 0 bridgehead atoms. The molecule has 0 aliphatic carbocycles. The molecule has 0 N–H and O–H groups in total. The highest BCUT2D eigenvalue weighted by Crippen LogP contribution is 1.92. The van der Waals surface area contributed by atoms with Crippen molar-refractivity contribution in [3.8, 4) is 0 Å². The molecule has 0 saturated carbocycles. The fraction of sp³-hybridized carbons (Fsp3) is 0.455. The molecule has 3 nitrogen and oxygen atoms in total. The standard InChI is InChI=1S/C7H8.C4H10N3/c1-7-5-3-2-4-6-7;1-3-7(4-2)6-5/h2-6H,1H3;3-4H2,1-2H3/q;+1. The van der Waals surface area contributed by atoms with E-state index in [2.05, 4.69) is 24.1 Å². The maximum atomic E-state index is 8.08. The lowest BCUT2D eigenvalue weighted by molar-refractivity contribution is 0.403. The molecule has 3 heteroatoms. The van der Waals surface area contributed by atoms with Crippen molar-refractivity contribution in [2.24, 2.45) is 0 Å². The molecule has 0 atom stereocenters. The zero-order valence-corrected chi connectivity index (χ0v) is 9.14. The number of diazo groups is 1. The fourth-order valence-corrected chi connectivity index (χ4v) is 0.884. The molecule has 0 aliphatic rings. The molecular formula is C11H18N3+. The van der Waals surface area contributed by atoms with Crippen molar-refractivity contribution in [3.05, 3.63) is 41.0 Å². The van der Waals surface area contributed by atoms with Crippen LogP contribution in [0.5, 0.6) is 0 Å². The normalized spacial score (nSPS) is 8.14. The predicted octanol–water partition coefficient (Wildman–Crippen LogP) is 3.09. The summed E-state index contributed by atoms with van der Waals surface area (Å²) in [6, 6.07) is 10.3. The van der Waals surface area contributed by atoms with Gasteiger partial charge in [0, 0.05) is 0 Å². The van der Waals surface area contributed by atoms with Crippen LogP contribution < -0.4 is 0 Å². The Morgan fingerprint density at radius 2 is 1.64 bits per heavy atom. The lowest BCUT2D eigenvalue weighted by Crippen LogP contribution is -2.12. The van der Waals surface area contributed by atoms with E-state index in [4.69, 9.17) is 5.39 Å². The van der Waals surface area contributed by atoms with Crippen molar-refractivity contribution < 1.29 is 0 Å². The smallest absolute Gasteiger partial charge is 0.0622 e. The van der Waals surface area contributed by atoms with Gasteiger partial charge >= 0.3 is 5.08 Å². The first-order valence-corrected chi connectivity index (χ1v) is 4.86. The Hall–Kier alpha value is -1.56. The van der Waals surface area contributed by atoms with E-state index in [0.29, 0.717) is 0 Å². The van der Waals surface area contributed by atoms with Gasteiger partial charge < -0.3 is 0 Å². The van der Waals surface area contributed by atoms with E-state index in [-0.39, 0.29) is 0 Å². The first-order valence-electron chi connectivity index (χ1n) is 4.86. The predicted molar refractivity (Wildman–Crippen MR) is 59.2 cm³/mol. The van der Waals surface area contributed by atoms with Gasteiger partial charge in [0.1, 0.15) is 0 Å². The second kappa shape index (κ2) is 8.06. The van der Waals surface area contributed by atoms with Gasteiger partial charge in [0.25, 0.3) is 5.39 Å². The van der Waals surface area contributed by atoms with Gasteiger partial charge in [-0.1, -0.05) is 35.9 Å². The van der Waals surface area contributed by atoms with Crippen LogP contribution in [0.15, 0.2) is 30.3 Å². The molecule has 1 aromatic rings. The largest absolute Gasteiger partial charge is 0.305 e. The summed E-state index contributed by atoms with van der Waals surface area (Å²) >= 11 is 0. The number of hydrogen-bond acceptors (Lipinski definition) is 2. The molecule has 0 saturated heterocycles. The van der Waals surface area contributed by atoms with Gasteiger partial charge in [0.2, 0.25) is 0 Å². The van der Waals surface area contributed by atoms with E-state index in [1.54, 1.807) is 5.01 Å². The Morgan fingerprint density at radius 3 is 1.79 bits per heavy atom. The average Bonchev–Trinajstić information content (AvgIpc) is 2.22. The third kappa shape index (κ3) is 6.01. The van der Waals surface area contributed by atoms with Crippen molar-refractivity contribution in [1.29, 1.82) is 5.39 Å². The summed E-state index contributed by atoms with van der Waals surface area (Å²) in [6.07, 6.45) is 0. The maximum Gasteiger partial charge on any atom is 0.305 e. The zero-order valence-electron chi connectivity index (χ0n) is 9.14. The summed E-state index contributed by atoms with van der Waals surface area (Å²) in [5, 5.41) is 12.6. The molecule has 0 spiro atoms. The molecule has 1 rings (SSSR count). The van der Waals surface area contributed by atoms with E-state index in [9.17, 15) is 0 Å². The molecule has 0 aliphatic heterocycles. The highest BCUT2D eigenvalue weighted by molar-refractivity contribution is 5.11. The third-order valence-corrected chi connectivity index (χ3v) is 1.80. The second-order valence-corrected chi connectivity index (χ2v) is 2.88. The van der Waals surface area contributed by atoms with Crippen LogP contribution in [-0.4, -0.2) is 18.1 Å². The number of hydrogen-bond donors (Lipinski definition) is 0. The van der Waals surface area contributed by atoms with Crippen molar-refractivity contribution in [3.63, 3.8) is 0 Å². The van der Waals surface area contributed by atoms with Crippen LogP contribution in [-0.2, 0) is 0 Å². The molecule has 0 heterocycles. The zero-order chi connectivity index (χ0) is 10.8. The molecule has 1 aromatic carbocycles. The van der Waals surface area contributed by atoms with Crippen LogP contribution in [0.1, 0.15) is 19.4 Å². The topological polar surface area (TPSA) is 31.4 Å². The van der Waals surface area contributed by atoms with Crippen LogP contribution in [0.2, 0.25) is 0 Å². The molecule has 76 valence electrons. The molecule has 0 unspecified atom stereocenters. The van der Waals surface area contributed by atoms with E-state index < -0.39 is 0 Å². The van der Waals surface area contributed by atoms with Gasteiger partial charge in [-0.15, -0.1) is 0 Å². The number of benzene rings is 1. The fourth-order valence-electron chi connectivity index (χ4n) is 0.884. The molecular weight excluding hydrogens is 174 g/mol. The summed E-state index contributed by atoms with van der Waals surface area (Å²) in [4.78, 5) is 0. The van der Waals surface area contributed by atoms with Gasteiger partial charge in [-0.3, -0.25) is 0 Å². The minimum Gasteiger partial charge on any atom is -0.0622 e. The van der Waals surface area contributed by atoms with Crippen LogP contribution in [0.3, 0.4) is 0 Å². The molecule has 0 radical (unpaired) electrons. The van der Waals surface area contributed by atoms with Crippen molar-refractivity contribution in [2.45, 2.75) is 20.8 Å². The Balaban J connectivity index is 0.000000241. The average molecular weight is 192 g/mol. The van der Waals surface area contributed by atoms with E-state index in [1.165, 1.54) is 5.56 Å². The van der Waals surface area contributed by atoms with Crippen LogP contribution in [0.25, 0.3) is 5.08 Å². The van der Waals surface area contributed by atoms with Crippen LogP contribution in [0, 0.1) is 12.3 Å². The highest BCUT2D eigenvalue weighted by atomic mass is 15.5. The maximum absolute atomic E-state index is 8.08. The van der Waals surface area contributed by atoms with Gasteiger partial charge in [-0.25, -0.2) is 0 Å². The van der Waals surface area contributed by atoms with E-state index >= 15 is 0 Å². The summed E-state index contributed by atoms with van der Waals surface area (Å²) in [5.41, 5.74) is 1.32. The van der Waals surface area contributed by atoms with E-state index in [1.807, 2.05) is 32.0 Å². The van der Waals surface area contributed by atoms with Gasteiger partial charge in [-0.2, -0.15) is 0 Å². The number of nitrogens with zero attached hydrogens (tertiary/aromatic N) is 3. The molecule has 0 aromatic heterocycles. The number of aryl methyl sites for hydroxylation is 1. The lowest BCUT2D eigenvalue weighted by Gasteiger charge is -1.90. The SMILES string of the molecule is CCN(CC)[N+]#N.Cc1ccccc1. The Morgan fingerprint density at radius 1 is 1.14 bits per heavy atom. The lowest BCUT2D eigenvalue weighted by atomic mass is 10.2. The second-order valence-electron chi connectivity index (χ2n) is 2.88. The van der Waals surface area contributed by atoms with E-state index in [0.717, 1.165) is 13.1 Å². The monoisotopic (exact) mass is 192 g/mol. The molecule has 0 amide bonds. The van der Waals surface area contributed by atoms with Crippen LogP contribution >= 0.6 is 0 Å². The summed E-state index contributed by atoms with van der Waals surface area (Å²) in [5.74, 6) is 0. The third-order valence-electron chi connectivity index (χ3n) is 1.80. The Kier molecular flexibility index (Phi) is 7.16. The summed E-state index contributed by atoms with van der Waals surface area (Å²) < 4.78 is 0. The Labute approximate surface area is 86.0 Å². The quantitative estimate of drug-likeness (QED) is 0.532.